The fourth-order valence-electron chi connectivity index (χ4n) is 2.62. The van der Waals surface area contributed by atoms with Crippen molar-refractivity contribution >= 4 is 17.3 Å². The van der Waals surface area contributed by atoms with Gasteiger partial charge in [0.05, 0.1) is 10.7 Å². The van der Waals surface area contributed by atoms with Crippen molar-refractivity contribution in [2.45, 2.75) is 33.7 Å². The fraction of sp³-hybridized carbons (Fsp3) is 0.600. The van der Waals surface area contributed by atoms with Gasteiger partial charge in [0.1, 0.15) is 0 Å². The zero-order chi connectivity index (χ0) is 13.2. The largest absolute Gasteiger partial charge is 0.370 e. The highest BCUT2D eigenvalue weighted by atomic mass is 35.5. The van der Waals surface area contributed by atoms with Crippen LogP contribution in [0.5, 0.6) is 0 Å². The minimum atomic E-state index is 0.397. The van der Waals surface area contributed by atoms with Crippen LogP contribution < -0.4 is 10.2 Å². The Balaban J connectivity index is 2.25. The summed E-state index contributed by atoms with van der Waals surface area (Å²) in [7, 11) is 0. The molecule has 0 atom stereocenters. The molecule has 1 aromatic rings. The molecule has 0 unspecified atom stereocenters. The molecule has 0 aromatic heterocycles. The molecule has 1 saturated heterocycles. The lowest BCUT2D eigenvalue weighted by Crippen LogP contribution is -2.25. The third kappa shape index (κ3) is 2.99. The predicted octanol–water partition coefficient (Wildman–Crippen LogP) is 3.69. The van der Waals surface area contributed by atoms with Crippen molar-refractivity contribution in [2.24, 2.45) is 5.41 Å². The summed E-state index contributed by atoms with van der Waals surface area (Å²) in [6, 6.07) is 6.21. The fourth-order valence-corrected chi connectivity index (χ4v) is 2.93. The van der Waals surface area contributed by atoms with Crippen LogP contribution in [0.25, 0.3) is 0 Å². The summed E-state index contributed by atoms with van der Waals surface area (Å²) in [5.74, 6) is 0. The number of nitrogens with one attached hydrogen (secondary N) is 1. The van der Waals surface area contributed by atoms with Gasteiger partial charge in [0.15, 0.2) is 0 Å². The number of para-hydroxylation sites is 1. The SMILES string of the molecule is CCNCc1cccc(Cl)c1N1CCC(C)(C)C1. The first kappa shape index (κ1) is 13.7. The molecular formula is C15H23ClN2. The molecule has 1 aliphatic heterocycles. The van der Waals surface area contributed by atoms with E-state index < -0.39 is 0 Å². The molecule has 100 valence electrons. The van der Waals surface area contributed by atoms with E-state index in [4.69, 9.17) is 11.6 Å². The van der Waals surface area contributed by atoms with Crippen LogP contribution >= 0.6 is 11.6 Å². The highest BCUT2D eigenvalue weighted by Gasteiger charge is 2.31. The molecule has 0 amide bonds. The molecule has 1 aromatic carbocycles. The van der Waals surface area contributed by atoms with Crippen molar-refractivity contribution in [3.63, 3.8) is 0 Å². The number of benzene rings is 1. The molecule has 0 aliphatic carbocycles. The van der Waals surface area contributed by atoms with E-state index >= 15 is 0 Å². The van der Waals surface area contributed by atoms with Crippen molar-refractivity contribution in [3.8, 4) is 0 Å². The standard InChI is InChI=1S/C15H23ClN2/c1-4-17-10-12-6-5-7-13(16)14(12)18-9-8-15(2,3)11-18/h5-7,17H,4,8-11H2,1-3H3. The second-order valence-corrected chi connectivity index (χ2v) is 6.27. The third-order valence-corrected chi connectivity index (χ3v) is 3.93. The van der Waals surface area contributed by atoms with Crippen LogP contribution in [0.15, 0.2) is 18.2 Å². The lowest BCUT2D eigenvalue weighted by Gasteiger charge is -2.25. The van der Waals surface area contributed by atoms with E-state index in [9.17, 15) is 0 Å². The quantitative estimate of drug-likeness (QED) is 0.894. The lowest BCUT2D eigenvalue weighted by molar-refractivity contribution is 0.418. The number of rotatable bonds is 4. The first-order valence-corrected chi connectivity index (χ1v) is 7.14. The molecule has 1 fully saturated rings. The molecule has 2 nitrogen and oxygen atoms in total. The Morgan fingerprint density at radius 2 is 2.17 bits per heavy atom. The van der Waals surface area contributed by atoms with Crippen molar-refractivity contribution in [1.29, 1.82) is 0 Å². The van der Waals surface area contributed by atoms with Gasteiger partial charge in [-0.1, -0.05) is 44.5 Å². The van der Waals surface area contributed by atoms with E-state index in [1.165, 1.54) is 17.7 Å². The van der Waals surface area contributed by atoms with Crippen molar-refractivity contribution < 1.29 is 0 Å². The predicted molar refractivity (Wildman–Crippen MR) is 79.4 cm³/mol. The van der Waals surface area contributed by atoms with Gasteiger partial charge in [0, 0.05) is 19.6 Å². The molecule has 0 radical (unpaired) electrons. The maximum Gasteiger partial charge on any atom is 0.0642 e. The van der Waals surface area contributed by atoms with Gasteiger partial charge in [-0.3, -0.25) is 0 Å². The van der Waals surface area contributed by atoms with Gasteiger partial charge in [-0.25, -0.2) is 0 Å². The van der Waals surface area contributed by atoms with Crippen LogP contribution in [0.1, 0.15) is 32.8 Å². The Bertz CT molecular complexity index is 415. The smallest absolute Gasteiger partial charge is 0.0642 e. The lowest BCUT2D eigenvalue weighted by atomic mass is 9.93. The van der Waals surface area contributed by atoms with E-state index in [1.54, 1.807) is 0 Å². The Morgan fingerprint density at radius 1 is 1.39 bits per heavy atom. The van der Waals surface area contributed by atoms with Crippen LogP contribution in [0.3, 0.4) is 0 Å². The zero-order valence-electron chi connectivity index (χ0n) is 11.6. The van der Waals surface area contributed by atoms with Gasteiger partial charge < -0.3 is 10.2 Å². The Kier molecular flexibility index (Phi) is 4.18. The van der Waals surface area contributed by atoms with E-state index in [0.29, 0.717) is 5.41 Å². The summed E-state index contributed by atoms with van der Waals surface area (Å²) in [4.78, 5) is 2.44. The molecule has 1 aliphatic rings. The van der Waals surface area contributed by atoms with Crippen LogP contribution in [-0.2, 0) is 6.54 Å². The van der Waals surface area contributed by atoms with Gasteiger partial charge in [0.25, 0.3) is 0 Å². The van der Waals surface area contributed by atoms with Crippen LogP contribution in [0.4, 0.5) is 5.69 Å². The Morgan fingerprint density at radius 3 is 2.78 bits per heavy atom. The molecule has 0 spiro atoms. The van der Waals surface area contributed by atoms with Crippen LogP contribution in [0.2, 0.25) is 5.02 Å². The minimum Gasteiger partial charge on any atom is -0.370 e. The zero-order valence-corrected chi connectivity index (χ0v) is 12.3. The van der Waals surface area contributed by atoms with E-state index in [-0.39, 0.29) is 0 Å². The van der Waals surface area contributed by atoms with Gasteiger partial charge in [-0.2, -0.15) is 0 Å². The van der Waals surface area contributed by atoms with Crippen LogP contribution in [-0.4, -0.2) is 19.6 Å². The second kappa shape index (κ2) is 5.50. The summed E-state index contributed by atoms with van der Waals surface area (Å²) >= 11 is 6.41. The highest BCUT2D eigenvalue weighted by Crippen LogP contribution is 2.37. The molecule has 0 bridgehead atoms. The molecule has 18 heavy (non-hydrogen) atoms. The van der Waals surface area contributed by atoms with Gasteiger partial charge in [-0.05, 0) is 30.0 Å². The minimum absolute atomic E-state index is 0.397. The molecule has 1 N–H and O–H groups in total. The molecule has 2 rings (SSSR count). The van der Waals surface area contributed by atoms with Crippen molar-refractivity contribution in [3.05, 3.63) is 28.8 Å². The summed E-state index contributed by atoms with van der Waals surface area (Å²) < 4.78 is 0. The summed E-state index contributed by atoms with van der Waals surface area (Å²) in [5.41, 5.74) is 2.93. The van der Waals surface area contributed by atoms with Crippen molar-refractivity contribution in [1.82, 2.24) is 5.32 Å². The molecule has 3 heteroatoms. The van der Waals surface area contributed by atoms with E-state index in [0.717, 1.165) is 31.2 Å². The van der Waals surface area contributed by atoms with E-state index in [1.807, 2.05) is 12.1 Å². The first-order valence-electron chi connectivity index (χ1n) is 6.76. The average molecular weight is 267 g/mol. The van der Waals surface area contributed by atoms with Gasteiger partial charge >= 0.3 is 0 Å². The van der Waals surface area contributed by atoms with Crippen molar-refractivity contribution in [2.75, 3.05) is 24.5 Å². The number of anilines is 1. The molecule has 1 heterocycles. The third-order valence-electron chi connectivity index (χ3n) is 3.63. The number of hydrogen-bond acceptors (Lipinski definition) is 2. The number of nitrogens with zero attached hydrogens (tertiary/aromatic N) is 1. The normalized spacial score (nSPS) is 18.3. The highest BCUT2D eigenvalue weighted by molar-refractivity contribution is 6.33. The first-order chi connectivity index (χ1) is 8.53. The monoisotopic (exact) mass is 266 g/mol. The Hall–Kier alpha value is -0.730. The summed E-state index contributed by atoms with van der Waals surface area (Å²) in [6.45, 7) is 10.9. The molecule has 0 saturated carbocycles. The topological polar surface area (TPSA) is 15.3 Å². The summed E-state index contributed by atoms with van der Waals surface area (Å²) in [6.07, 6.45) is 1.23. The second-order valence-electron chi connectivity index (χ2n) is 5.86. The average Bonchev–Trinajstić information content (AvgIpc) is 2.66. The maximum atomic E-state index is 6.41. The molecular weight excluding hydrogens is 244 g/mol. The number of halogens is 1. The van der Waals surface area contributed by atoms with Gasteiger partial charge in [-0.15, -0.1) is 0 Å². The van der Waals surface area contributed by atoms with Gasteiger partial charge in [0.2, 0.25) is 0 Å². The summed E-state index contributed by atoms with van der Waals surface area (Å²) in [5, 5.41) is 4.27. The maximum absolute atomic E-state index is 6.41. The Labute approximate surface area is 115 Å². The van der Waals surface area contributed by atoms with E-state index in [2.05, 4.69) is 37.1 Å². The number of hydrogen-bond donors (Lipinski definition) is 1. The van der Waals surface area contributed by atoms with Crippen LogP contribution in [0, 0.1) is 5.41 Å².